The highest BCUT2D eigenvalue weighted by Crippen LogP contribution is 2.40. The van der Waals surface area contributed by atoms with E-state index < -0.39 is 8.32 Å². The van der Waals surface area contributed by atoms with E-state index in [1.807, 2.05) is 0 Å². The summed E-state index contributed by atoms with van der Waals surface area (Å²) in [6.07, 6.45) is 8.16. The van der Waals surface area contributed by atoms with Gasteiger partial charge in [0.1, 0.15) is 14.2 Å². The minimum atomic E-state index is -1.74. The van der Waals surface area contributed by atoms with Crippen LogP contribution in [-0.2, 0) is 23.6 Å². The van der Waals surface area contributed by atoms with Gasteiger partial charge >= 0.3 is 5.97 Å². The Labute approximate surface area is 183 Å². The van der Waals surface area contributed by atoms with Gasteiger partial charge in [-0.05, 0) is 57.7 Å². The molecule has 1 saturated carbocycles. The number of esters is 1. The number of carbonyl (C=O) groups is 1. The number of hydrogen-bond acceptors (Lipinski definition) is 7. The average molecular weight is 443 g/mol. The number of rotatable bonds is 14. The molecule has 1 rings (SSSR count). The van der Waals surface area contributed by atoms with E-state index in [1.165, 1.54) is 20.0 Å². The van der Waals surface area contributed by atoms with Crippen LogP contribution in [0, 0.1) is 11.8 Å². The molecule has 0 aromatic carbocycles. The first-order valence-electron chi connectivity index (χ1n) is 11.2. The molecule has 8 heteroatoms. The van der Waals surface area contributed by atoms with Crippen molar-refractivity contribution in [1.29, 1.82) is 0 Å². The first-order valence-corrected chi connectivity index (χ1v) is 14.6. The molecule has 0 radical (unpaired) electrons. The first kappa shape index (κ1) is 26.6. The lowest BCUT2D eigenvalue weighted by atomic mass is 9.85. The predicted octanol–water partition coefficient (Wildman–Crippen LogP) is 5.16. The van der Waals surface area contributed by atoms with Gasteiger partial charge in [0, 0.05) is 18.8 Å². The highest BCUT2D eigenvalue weighted by molar-refractivity contribution is 6.69. The van der Waals surface area contributed by atoms with Crippen molar-refractivity contribution >= 4 is 25.7 Å². The maximum Gasteiger partial charge on any atom is 0.305 e. The van der Waals surface area contributed by atoms with Gasteiger partial charge in [0.05, 0.1) is 24.6 Å². The van der Waals surface area contributed by atoms with Crippen molar-refractivity contribution in [3.05, 3.63) is 0 Å². The number of carbonyl (C=O) groups excluding carboxylic acids is 1. The quantitative estimate of drug-likeness (QED) is 0.122. The molecule has 0 heterocycles. The van der Waals surface area contributed by atoms with E-state index in [2.05, 4.69) is 36.9 Å². The van der Waals surface area contributed by atoms with Crippen LogP contribution in [0.15, 0.2) is 10.3 Å². The number of hydrogen-bond donors (Lipinski definition) is 0. The van der Waals surface area contributed by atoms with Crippen LogP contribution in [-0.4, -0.2) is 53.1 Å². The monoisotopic (exact) mass is 442 g/mol. The molecule has 30 heavy (non-hydrogen) atoms. The molecule has 174 valence electrons. The number of oxime groups is 2. The normalized spacial score (nSPS) is 23.6. The van der Waals surface area contributed by atoms with E-state index in [4.69, 9.17) is 18.8 Å². The summed E-state index contributed by atoms with van der Waals surface area (Å²) in [5.74, 6) is 0.217. The molecule has 0 saturated heterocycles. The Balaban J connectivity index is 2.99. The zero-order valence-electron chi connectivity index (χ0n) is 20.0. The van der Waals surface area contributed by atoms with Crippen LogP contribution < -0.4 is 0 Å². The molecule has 0 amide bonds. The summed E-state index contributed by atoms with van der Waals surface area (Å²) in [4.78, 5) is 22.0. The number of nitrogens with zero attached hydrogens (tertiary/aromatic N) is 2. The van der Waals surface area contributed by atoms with Gasteiger partial charge in [-0.15, -0.1) is 0 Å². The third-order valence-corrected chi connectivity index (χ3v) is 6.50. The summed E-state index contributed by atoms with van der Waals surface area (Å²) in [7, 11) is 2.87. The van der Waals surface area contributed by atoms with E-state index in [0.29, 0.717) is 12.8 Å². The molecular weight excluding hydrogens is 400 g/mol. The molecular formula is C22H42N2O5Si. The fraction of sp³-hybridized carbons (Fsp3) is 0.864. The second-order valence-corrected chi connectivity index (χ2v) is 13.4. The van der Waals surface area contributed by atoms with Gasteiger partial charge in [0.15, 0.2) is 8.32 Å². The maximum atomic E-state index is 11.8. The zero-order valence-corrected chi connectivity index (χ0v) is 21.0. The molecule has 3 atom stereocenters. The Kier molecular flexibility index (Phi) is 12.2. The molecule has 0 aliphatic heterocycles. The van der Waals surface area contributed by atoms with Crippen molar-refractivity contribution in [3.63, 3.8) is 0 Å². The number of methoxy groups -OCH3 is 1. The fourth-order valence-corrected chi connectivity index (χ4v) is 5.39. The van der Waals surface area contributed by atoms with Crippen molar-refractivity contribution < 1.29 is 23.6 Å². The minimum absolute atomic E-state index is 0.0904. The van der Waals surface area contributed by atoms with Gasteiger partial charge in [-0.2, -0.15) is 0 Å². The Morgan fingerprint density at radius 3 is 2.33 bits per heavy atom. The molecule has 0 aromatic rings. The number of unbranched alkanes of at least 4 members (excludes halogenated alkanes) is 2. The van der Waals surface area contributed by atoms with Gasteiger partial charge in [-0.3, -0.25) is 4.79 Å². The standard InChI is InChI=1S/C22H42N2O5Si/c1-8-9-10-11-17(23-27-3)12-13-19-18(14-15-22(25)26-2)20(24-28-4)16-21(19)29-30(5,6)7/h18-19,21H,8-16H2,1-7H3/b23-17+,24-20+/t18-,19-,21-/m1/s1. The molecule has 0 bridgehead atoms. The molecule has 0 unspecified atom stereocenters. The lowest BCUT2D eigenvalue weighted by molar-refractivity contribution is -0.140. The summed E-state index contributed by atoms with van der Waals surface area (Å²) in [5.41, 5.74) is 2.09. The van der Waals surface area contributed by atoms with Crippen LogP contribution in [0.1, 0.15) is 64.7 Å². The Hall–Kier alpha value is -1.41. The van der Waals surface area contributed by atoms with Crippen LogP contribution in [0.25, 0.3) is 0 Å². The Morgan fingerprint density at radius 1 is 1.03 bits per heavy atom. The Morgan fingerprint density at radius 2 is 1.77 bits per heavy atom. The van der Waals surface area contributed by atoms with Gasteiger partial charge in [-0.25, -0.2) is 0 Å². The first-order chi connectivity index (χ1) is 14.3. The third kappa shape index (κ3) is 9.60. The van der Waals surface area contributed by atoms with Crippen molar-refractivity contribution in [2.75, 3.05) is 21.3 Å². The fourth-order valence-electron chi connectivity index (χ4n) is 4.22. The van der Waals surface area contributed by atoms with Crippen LogP contribution in [0.5, 0.6) is 0 Å². The van der Waals surface area contributed by atoms with E-state index >= 15 is 0 Å². The van der Waals surface area contributed by atoms with Crippen LogP contribution in [0.4, 0.5) is 0 Å². The van der Waals surface area contributed by atoms with E-state index in [0.717, 1.165) is 43.5 Å². The topological polar surface area (TPSA) is 78.7 Å². The summed E-state index contributed by atoms with van der Waals surface area (Å²) in [6, 6.07) is 0. The molecule has 1 aliphatic rings. The highest BCUT2D eigenvalue weighted by atomic mass is 28.4. The third-order valence-electron chi connectivity index (χ3n) is 5.49. The predicted molar refractivity (Wildman–Crippen MR) is 123 cm³/mol. The van der Waals surface area contributed by atoms with Crippen LogP contribution in [0.2, 0.25) is 19.6 Å². The molecule has 1 fully saturated rings. The van der Waals surface area contributed by atoms with Crippen molar-refractivity contribution in [1.82, 2.24) is 0 Å². The molecule has 1 aliphatic carbocycles. The number of ether oxygens (including phenoxy) is 1. The minimum Gasteiger partial charge on any atom is -0.469 e. The van der Waals surface area contributed by atoms with Gasteiger partial charge in [0.25, 0.3) is 0 Å². The van der Waals surface area contributed by atoms with Crippen molar-refractivity contribution in [2.24, 2.45) is 22.1 Å². The van der Waals surface area contributed by atoms with Gasteiger partial charge in [-0.1, -0.05) is 30.1 Å². The van der Waals surface area contributed by atoms with Crippen molar-refractivity contribution in [3.8, 4) is 0 Å². The lowest BCUT2D eigenvalue weighted by Gasteiger charge is -2.30. The van der Waals surface area contributed by atoms with E-state index in [1.54, 1.807) is 14.2 Å². The summed E-state index contributed by atoms with van der Waals surface area (Å²) < 4.78 is 11.4. The summed E-state index contributed by atoms with van der Waals surface area (Å²) >= 11 is 0. The largest absolute Gasteiger partial charge is 0.469 e. The van der Waals surface area contributed by atoms with Crippen molar-refractivity contribution in [2.45, 2.75) is 90.5 Å². The maximum absolute atomic E-state index is 11.8. The molecule has 7 nitrogen and oxygen atoms in total. The highest BCUT2D eigenvalue weighted by Gasteiger charge is 2.43. The Bertz CT molecular complexity index is 574. The SMILES string of the molecule is CCCCC/C(CC[C@H]1[C@H](O[Si](C)(C)C)C/C(=N\OC)[C@@H]1CCC(=O)OC)=N\OC. The lowest BCUT2D eigenvalue weighted by Crippen LogP contribution is -2.35. The summed E-state index contributed by atoms with van der Waals surface area (Å²) in [6.45, 7) is 8.83. The van der Waals surface area contributed by atoms with E-state index in [9.17, 15) is 4.79 Å². The second kappa shape index (κ2) is 13.8. The van der Waals surface area contributed by atoms with Crippen LogP contribution >= 0.6 is 0 Å². The summed E-state index contributed by atoms with van der Waals surface area (Å²) in [5, 5.41) is 8.59. The van der Waals surface area contributed by atoms with Gasteiger partial charge < -0.3 is 18.8 Å². The zero-order chi connectivity index (χ0) is 22.6. The average Bonchev–Trinajstić information content (AvgIpc) is 2.98. The second-order valence-electron chi connectivity index (χ2n) is 8.96. The van der Waals surface area contributed by atoms with Crippen LogP contribution in [0.3, 0.4) is 0 Å². The van der Waals surface area contributed by atoms with Gasteiger partial charge in [0.2, 0.25) is 0 Å². The molecule has 0 aromatic heterocycles. The van der Waals surface area contributed by atoms with E-state index in [-0.39, 0.29) is 23.9 Å². The smallest absolute Gasteiger partial charge is 0.305 e. The molecule has 0 spiro atoms. The molecule has 0 N–H and O–H groups in total.